The second-order valence-corrected chi connectivity index (χ2v) is 8.39. The lowest BCUT2D eigenvalue weighted by Gasteiger charge is -2.26. The van der Waals surface area contributed by atoms with E-state index in [0.717, 1.165) is 20.8 Å². The zero-order valence-electron chi connectivity index (χ0n) is 16.6. The van der Waals surface area contributed by atoms with Crippen molar-refractivity contribution in [3.63, 3.8) is 0 Å². The predicted molar refractivity (Wildman–Crippen MR) is 113 cm³/mol. The lowest BCUT2D eigenvalue weighted by Crippen LogP contribution is -2.50. The summed E-state index contributed by atoms with van der Waals surface area (Å²) in [6.07, 6.45) is 0. The van der Waals surface area contributed by atoms with Crippen LogP contribution >= 0.6 is 11.3 Å². The normalized spacial score (nSPS) is 12.2. The Morgan fingerprint density at radius 2 is 1.79 bits per heavy atom. The van der Waals surface area contributed by atoms with Gasteiger partial charge in [-0.25, -0.2) is 4.98 Å². The number of fused-ring (bicyclic) bond motifs is 1. The molecule has 1 N–H and O–H groups in total. The topological polar surface area (TPSA) is 62.3 Å². The SMILES string of the molecule is Cc1ccccc1C(=O)N[C@H](C(=O)N(C)Cc1nc2ccccc2s1)C(C)C. The monoisotopic (exact) mass is 395 g/mol. The van der Waals surface area contributed by atoms with E-state index in [1.165, 1.54) is 0 Å². The van der Waals surface area contributed by atoms with Crippen molar-refractivity contribution < 1.29 is 9.59 Å². The molecule has 0 spiro atoms. The van der Waals surface area contributed by atoms with Gasteiger partial charge in [-0.1, -0.05) is 44.2 Å². The summed E-state index contributed by atoms with van der Waals surface area (Å²) < 4.78 is 1.10. The van der Waals surface area contributed by atoms with Crippen molar-refractivity contribution in [2.24, 2.45) is 5.92 Å². The minimum absolute atomic E-state index is 0.0294. The van der Waals surface area contributed by atoms with Gasteiger partial charge in [0.1, 0.15) is 11.0 Å². The minimum Gasteiger partial charge on any atom is -0.340 e. The average molecular weight is 396 g/mol. The Kier molecular flexibility index (Phi) is 6.09. The van der Waals surface area contributed by atoms with E-state index in [1.807, 2.05) is 63.2 Å². The van der Waals surface area contributed by atoms with Crippen LogP contribution in [0.4, 0.5) is 0 Å². The average Bonchev–Trinajstić information content (AvgIpc) is 3.07. The molecule has 1 aromatic heterocycles. The summed E-state index contributed by atoms with van der Waals surface area (Å²) in [5.74, 6) is -0.368. The summed E-state index contributed by atoms with van der Waals surface area (Å²) in [5.41, 5.74) is 2.42. The van der Waals surface area contributed by atoms with Gasteiger partial charge >= 0.3 is 0 Å². The van der Waals surface area contributed by atoms with E-state index >= 15 is 0 Å². The van der Waals surface area contributed by atoms with Crippen molar-refractivity contribution in [1.82, 2.24) is 15.2 Å². The molecule has 3 rings (SSSR count). The molecule has 3 aromatic rings. The molecule has 0 saturated carbocycles. The number of hydrogen-bond acceptors (Lipinski definition) is 4. The number of carbonyl (C=O) groups is 2. The predicted octanol–water partition coefficient (Wildman–Crippen LogP) is 4.02. The molecule has 0 saturated heterocycles. The van der Waals surface area contributed by atoms with Gasteiger partial charge in [0, 0.05) is 12.6 Å². The summed E-state index contributed by atoms with van der Waals surface area (Å²) in [7, 11) is 1.75. The summed E-state index contributed by atoms with van der Waals surface area (Å²) in [6, 6.07) is 14.7. The summed E-state index contributed by atoms with van der Waals surface area (Å²) >= 11 is 1.58. The van der Waals surface area contributed by atoms with E-state index in [9.17, 15) is 9.59 Å². The van der Waals surface area contributed by atoms with Crippen molar-refractivity contribution in [1.29, 1.82) is 0 Å². The molecule has 0 unspecified atom stereocenters. The van der Waals surface area contributed by atoms with E-state index in [0.29, 0.717) is 12.1 Å². The molecule has 0 bridgehead atoms. The molecule has 2 aromatic carbocycles. The third-order valence-electron chi connectivity index (χ3n) is 4.70. The first-order chi connectivity index (χ1) is 13.4. The Morgan fingerprint density at radius 3 is 2.46 bits per heavy atom. The van der Waals surface area contributed by atoms with Gasteiger partial charge in [0.05, 0.1) is 16.8 Å². The molecule has 0 fully saturated rings. The van der Waals surface area contributed by atoms with Gasteiger partial charge in [-0.15, -0.1) is 11.3 Å². The maximum absolute atomic E-state index is 13.0. The van der Waals surface area contributed by atoms with Gasteiger partial charge in [-0.05, 0) is 36.6 Å². The molecular formula is C22H25N3O2S. The number of nitrogens with one attached hydrogen (secondary N) is 1. The fraction of sp³-hybridized carbons (Fsp3) is 0.318. The van der Waals surface area contributed by atoms with Crippen molar-refractivity contribution in [2.75, 3.05) is 7.05 Å². The first-order valence-electron chi connectivity index (χ1n) is 9.32. The van der Waals surface area contributed by atoms with Crippen molar-refractivity contribution in [3.05, 3.63) is 64.7 Å². The highest BCUT2D eigenvalue weighted by molar-refractivity contribution is 7.18. The second-order valence-electron chi connectivity index (χ2n) is 7.28. The van der Waals surface area contributed by atoms with Crippen LogP contribution in [0.5, 0.6) is 0 Å². The molecule has 0 aliphatic heterocycles. The molecule has 146 valence electrons. The maximum Gasteiger partial charge on any atom is 0.252 e. The quantitative estimate of drug-likeness (QED) is 0.686. The lowest BCUT2D eigenvalue weighted by molar-refractivity contribution is -0.133. The van der Waals surface area contributed by atoms with Crippen LogP contribution in [-0.2, 0) is 11.3 Å². The Balaban J connectivity index is 1.72. The summed E-state index contributed by atoms with van der Waals surface area (Å²) in [5, 5.41) is 3.80. The van der Waals surface area contributed by atoms with Crippen LogP contribution in [-0.4, -0.2) is 34.8 Å². The van der Waals surface area contributed by atoms with Gasteiger partial charge in [0.2, 0.25) is 5.91 Å². The fourth-order valence-corrected chi connectivity index (χ4v) is 4.09. The third-order valence-corrected chi connectivity index (χ3v) is 5.72. The Bertz CT molecular complexity index is 963. The number of likely N-dealkylation sites (N-methyl/N-ethyl adjacent to an activating group) is 1. The van der Waals surface area contributed by atoms with E-state index in [1.54, 1.807) is 29.4 Å². The second kappa shape index (κ2) is 8.52. The molecular weight excluding hydrogens is 370 g/mol. The zero-order chi connectivity index (χ0) is 20.3. The number of para-hydroxylation sites is 1. The van der Waals surface area contributed by atoms with Gasteiger partial charge in [0.15, 0.2) is 0 Å². The number of aryl methyl sites for hydroxylation is 1. The van der Waals surface area contributed by atoms with Crippen LogP contribution in [0.2, 0.25) is 0 Å². The third kappa shape index (κ3) is 4.39. The number of thiazole rings is 1. The molecule has 0 radical (unpaired) electrons. The maximum atomic E-state index is 13.0. The van der Waals surface area contributed by atoms with Gasteiger partial charge < -0.3 is 10.2 Å². The number of nitrogens with zero attached hydrogens (tertiary/aromatic N) is 2. The van der Waals surface area contributed by atoms with Crippen molar-refractivity contribution in [3.8, 4) is 0 Å². The zero-order valence-corrected chi connectivity index (χ0v) is 17.4. The fourth-order valence-electron chi connectivity index (χ4n) is 3.07. The molecule has 6 heteroatoms. The smallest absolute Gasteiger partial charge is 0.252 e. The lowest BCUT2D eigenvalue weighted by atomic mass is 10.0. The van der Waals surface area contributed by atoms with Gasteiger partial charge in [-0.3, -0.25) is 9.59 Å². The van der Waals surface area contributed by atoms with Gasteiger partial charge in [0.25, 0.3) is 5.91 Å². The molecule has 2 amide bonds. The molecule has 0 aliphatic rings. The van der Waals surface area contributed by atoms with Crippen molar-refractivity contribution >= 4 is 33.4 Å². The Labute approximate surface area is 169 Å². The van der Waals surface area contributed by atoms with Crippen molar-refractivity contribution in [2.45, 2.75) is 33.4 Å². The number of rotatable bonds is 6. The van der Waals surface area contributed by atoms with Crippen LogP contribution in [0.3, 0.4) is 0 Å². The van der Waals surface area contributed by atoms with Crippen LogP contribution < -0.4 is 5.32 Å². The number of aromatic nitrogens is 1. The molecule has 5 nitrogen and oxygen atoms in total. The molecule has 1 atom stereocenters. The molecule has 28 heavy (non-hydrogen) atoms. The van der Waals surface area contributed by atoms with Crippen LogP contribution in [0.15, 0.2) is 48.5 Å². The highest BCUT2D eigenvalue weighted by Gasteiger charge is 2.28. The standard InChI is InChI=1S/C22H25N3O2S/c1-14(2)20(24-21(26)16-10-6-5-9-15(16)3)22(27)25(4)13-19-23-17-11-7-8-12-18(17)28-19/h5-12,14,20H,13H2,1-4H3,(H,24,26)/t20-/m0/s1. The Hall–Kier alpha value is -2.73. The summed E-state index contributed by atoms with van der Waals surface area (Å²) in [4.78, 5) is 32.0. The highest BCUT2D eigenvalue weighted by Crippen LogP contribution is 2.22. The number of carbonyl (C=O) groups excluding carboxylic acids is 2. The van der Waals surface area contributed by atoms with E-state index in [-0.39, 0.29) is 17.7 Å². The number of benzene rings is 2. The molecule has 0 aliphatic carbocycles. The summed E-state index contributed by atoms with van der Waals surface area (Å²) in [6.45, 7) is 6.18. The highest BCUT2D eigenvalue weighted by atomic mass is 32.1. The van der Waals surface area contributed by atoms with E-state index < -0.39 is 6.04 Å². The Morgan fingerprint density at radius 1 is 1.11 bits per heavy atom. The van der Waals surface area contributed by atoms with Gasteiger partial charge in [-0.2, -0.15) is 0 Å². The minimum atomic E-state index is -0.591. The van der Waals surface area contributed by atoms with E-state index in [4.69, 9.17) is 0 Å². The van der Waals surface area contributed by atoms with Crippen LogP contribution in [0.1, 0.15) is 34.8 Å². The molecule has 1 heterocycles. The number of amides is 2. The van der Waals surface area contributed by atoms with Crippen LogP contribution in [0.25, 0.3) is 10.2 Å². The first kappa shape index (κ1) is 20.0. The first-order valence-corrected chi connectivity index (χ1v) is 10.1. The van der Waals surface area contributed by atoms with Crippen LogP contribution in [0, 0.1) is 12.8 Å². The number of hydrogen-bond donors (Lipinski definition) is 1. The largest absolute Gasteiger partial charge is 0.340 e. The van der Waals surface area contributed by atoms with E-state index in [2.05, 4.69) is 10.3 Å².